The Morgan fingerprint density at radius 2 is 1.53 bits per heavy atom. The van der Waals surface area contributed by atoms with E-state index in [1.54, 1.807) is 60.7 Å². The second-order valence-electron chi connectivity index (χ2n) is 3.79. The van der Waals surface area contributed by atoms with E-state index >= 15 is 0 Å². The fourth-order valence-corrected chi connectivity index (χ4v) is 2.13. The topological polar surface area (TPSA) is 63.6 Å². The van der Waals surface area contributed by atoms with Gasteiger partial charge >= 0.3 is 5.97 Å². The monoisotopic (exact) mass is 276 g/mol. The van der Waals surface area contributed by atoms with E-state index in [0.717, 1.165) is 0 Å². The van der Waals surface area contributed by atoms with Gasteiger partial charge in [0.15, 0.2) is 11.1 Å². The summed E-state index contributed by atoms with van der Waals surface area (Å²) in [5.41, 5.74) is -0.365. The number of carbonyl (C=O) groups excluding carboxylic acids is 1. The van der Waals surface area contributed by atoms with Crippen molar-refractivity contribution in [3.05, 3.63) is 71.8 Å². The summed E-state index contributed by atoms with van der Waals surface area (Å²) in [4.78, 5) is 11.9. The van der Waals surface area contributed by atoms with Crippen LogP contribution in [0.5, 0.6) is 0 Å². The molecule has 0 bridgehead atoms. The predicted octanol–water partition coefficient (Wildman–Crippen LogP) is 2.76. The van der Waals surface area contributed by atoms with Crippen LogP contribution >= 0.6 is 0 Å². The lowest BCUT2D eigenvalue weighted by atomic mass is 10.2. The van der Waals surface area contributed by atoms with E-state index in [9.17, 15) is 13.6 Å². The molecule has 0 amide bonds. The first-order valence-electron chi connectivity index (χ1n) is 5.59. The van der Waals surface area contributed by atoms with Gasteiger partial charge in [-0.15, -0.1) is 0 Å². The highest BCUT2D eigenvalue weighted by atomic mass is 32.2. The van der Waals surface area contributed by atoms with Crippen molar-refractivity contribution in [1.82, 2.24) is 0 Å². The minimum absolute atomic E-state index is 0.342. The van der Waals surface area contributed by atoms with Crippen LogP contribution in [0, 0.1) is 0 Å². The molecule has 0 saturated heterocycles. The molecular formula is C14H12O4S. The molecule has 0 aliphatic carbocycles. The Balaban J connectivity index is 2.19. The Hall–Kier alpha value is -1.98. The molecule has 19 heavy (non-hydrogen) atoms. The fraction of sp³-hybridized carbons (Fsp3) is 0.0714. The largest absolute Gasteiger partial charge is 0.437 e. The first-order valence-corrected chi connectivity index (χ1v) is 6.76. The minimum atomic E-state index is -2.29. The number of benzene rings is 2. The van der Waals surface area contributed by atoms with Crippen LogP contribution in [-0.2, 0) is 15.8 Å². The molecule has 2 atom stereocenters. The summed E-state index contributed by atoms with van der Waals surface area (Å²) >= 11 is -2.29. The third kappa shape index (κ3) is 3.49. The smallest absolute Gasteiger partial charge is 0.339 e. The van der Waals surface area contributed by atoms with E-state index in [1.807, 2.05) is 0 Å². The molecule has 0 saturated carbocycles. The molecule has 1 N–H and O–H groups in total. The zero-order chi connectivity index (χ0) is 13.7. The second kappa shape index (κ2) is 6.26. The maximum Gasteiger partial charge on any atom is 0.339 e. The van der Waals surface area contributed by atoms with Gasteiger partial charge in [-0.1, -0.05) is 48.5 Å². The van der Waals surface area contributed by atoms with Gasteiger partial charge in [0.2, 0.25) is 5.44 Å². The quantitative estimate of drug-likeness (QED) is 0.689. The fourth-order valence-electron chi connectivity index (χ4n) is 1.58. The molecule has 4 nitrogen and oxygen atoms in total. The molecule has 2 rings (SSSR count). The van der Waals surface area contributed by atoms with Gasteiger partial charge in [-0.2, -0.15) is 0 Å². The van der Waals surface area contributed by atoms with Crippen molar-refractivity contribution >= 4 is 17.0 Å². The summed E-state index contributed by atoms with van der Waals surface area (Å²) in [6.45, 7) is 0. The zero-order valence-electron chi connectivity index (χ0n) is 9.93. The highest BCUT2D eigenvalue weighted by Gasteiger charge is 2.22. The second-order valence-corrected chi connectivity index (χ2v) is 4.77. The number of esters is 1. The molecule has 5 heteroatoms. The maximum absolute atomic E-state index is 11.9. The van der Waals surface area contributed by atoms with E-state index in [1.165, 1.54) is 0 Å². The van der Waals surface area contributed by atoms with E-state index in [0.29, 0.717) is 11.1 Å². The Kier molecular flexibility index (Phi) is 4.43. The lowest BCUT2D eigenvalue weighted by molar-refractivity contribution is 0.0439. The van der Waals surface area contributed by atoms with Gasteiger partial charge in [-0.25, -0.2) is 9.00 Å². The minimum Gasteiger partial charge on any atom is -0.437 e. The Morgan fingerprint density at radius 1 is 1.00 bits per heavy atom. The van der Waals surface area contributed by atoms with Crippen LogP contribution in [0.1, 0.15) is 21.4 Å². The van der Waals surface area contributed by atoms with Gasteiger partial charge in [0.25, 0.3) is 0 Å². The average Bonchev–Trinajstić information content (AvgIpc) is 2.46. The summed E-state index contributed by atoms with van der Waals surface area (Å²) in [6, 6.07) is 16.8. The third-order valence-electron chi connectivity index (χ3n) is 2.48. The number of hydrogen-bond acceptors (Lipinski definition) is 3. The number of rotatable bonds is 4. The Labute approximate surface area is 113 Å². The van der Waals surface area contributed by atoms with Gasteiger partial charge in [0.1, 0.15) is 0 Å². The van der Waals surface area contributed by atoms with E-state index in [2.05, 4.69) is 0 Å². The Bertz CT molecular complexity index is 569. The van der Waals surface area contributed by atoms with E-state index in [-0.39, 0.29) is 0 Å². The van der Waals surface area contributed by atoms with Crippen LogP contribution in [0.25, 0.3) is 0 Å². The first kappa shape index (κ1) is 13.5. The summed E-state index contributed by atoms with van der Waals surface area (Å²) in [5.74, 6) is -0.628. The van der Waals surface area contributed by atoms with Crippen molar-refractivity contribution in [1.29, 1.82) is 0 Å². The van der Waals surface area contributed by atoms with Crippen LogP contribution < -0.4 is 0 Å². The molecule has 0 spiro atoms. The lowest BCUT2D eigenvalue weighted by Gasteiger charge is -2.14. The molecule has 98 valence electrons. The predicted molar refractivity (Wildman–Crippen MR) is 71.8 cm³/mol. The Morgan fingerprint density at radius 3 is 2.05 bits per heavy atom. The third-order valence-corrected chi connectivity index (χ3v) is 3.21. The van der Waals surface area contributed by atoms with Gasteiger partial charge in [-0.3, -0.25) is 0 Å². The van der Waals surface area contributed by atoms with Crippen molar-refractivity contribution in [2.75, 3.05) is 0 Å². The molecular weight excluding hydrogens is 264 g/mol. The van der Waals surface area contributed by atoms with Gasteiger partial charge in [0, 0.05) is 5.56 Å². The van der Waals surface area contributed by atoms with Crippen LogP contribution in [0.3, 0.4) is 0 Å². The standard InChI is InChI=1S/C14H12O4S/c15-13(11-7-3-1-4-8-11)18-14(19(16)17)12-9-5-2-6-10-12/h1-10,14H,(H,16,17). The molecule has 0 aliphatic heterocycles. The van der Waals surface area contributed by atoms with Crippen molar-refractivity contribution in [2.24, 2.45) is 0 Å². The van der Waals surface area contributed by atoms with Crippen molar-refractivity contribution in [2.45, 2.75) is 5.44 Å². The van der Waals surface area contributed by atoms with Gasteiger partial charge in [0.05, 0.1) is 5.56 Å². The summed E-state index contributed by atoms with van der Waals surface area (Å²) < 4.78 is 25.7. The molecule has 0 radical (unpaired) electrons. The SMILES string of the molecule is O=C(OC(c1ccccc1)S(=O)O)c1ccccc1. The summed E-state index contributed by atoms with van der Waals surface area (Å²) in [5, 5.41) is 0. The van der Waals surface area contributed by atoms with Crippen LogP contribution in [0.15, 0.2) is 60.7 Å². The normalized spacial score (nSPS) is 13.5. The molecule has 2 aromatic rings. The number of carbonyl (C=O) groups is 1. The number of ether oxygens (including phenoxy) is 1. The first-order chi connectivity index (χ1) is 9.18. The van der Waals surface area contributed by atoms with Crippen molar-refractivity contribution in [3.63, 3.8) is 0 Å². The molecule has 0 heterocycles. The van der Waals surface area contributed by atoms with Crippen LogP contribution in [-0.4, -0.2) is 14.7 Å². The summed E-state index contributed by atoms with van der Waals surface area (Å²) in [7, 11) is 0. The number of hydrogen-bond donors (Lipinski definition) is 1. The van der Waals surface area contributed by atoms with Gasteiger partial charge in [-0.05, 0) is 12.1 Å². The van der Waals surface area contributed by atoms with Gasteiger partial charge < -0.3 is 9.29 Å². The molecule has 0 aliphatic rings. The van der Waals surface area contributed by atoms with E-state index < -0.39 is 22.5 Å². The lowest BCUT2D eigenvalue weighted by Crippen LogP contribution is -2.15. The van der Waals surface area contributed by atoms with Crippen LogP contribution in [0.2, 0.25) is 0 Å². The zero-order valence-corrected chi connectivity index (χ0v) is 10.7. The molecule has 2 unspecified atom stereocenters. The average molecular weight is 276 g/mol. The van der Waals surface area contributed by atoms with Crippen molar-refractivity contribution < 1.29 is 18.3 Å². The maximum atomic E-state index is 11.9. The highest BCUT2D eigenvalue weighted by Crippen LogP contribution is 2.21. The molecule has 2 aromatic carbocycles. The van der Waals surface area contributed by atoms with E-state index in [4.69, 9.17) is 4.74 Å². The van der Waals surface area contributed by atoms with Crippen LogP contribution in [0.4, 0.5) is 0 Å². The van der Waals surface area contributed by atoms with Crippen molar-refractivity contribution in [3.8, 4) is 0 Å². The molecule has 0 fully saturated rings. The summed E-state index contributed by atoms with van der Waals surface area (Å²) in [6.07, 6.45) is 0. The molecule has 0 aromatic heterocycles. The highest BCUT2D eigenvalue weighted by molar-refractivity contribution is 7.79.